The number of nitrogens with one attached hydrogen (secondary N) is 2. The second kappa shape index (κ2) is 11.9. The summed E-state index contributed by atoms with van der Waals surface area (Å²) in [6.07, 6.45) is -2.47. The van der Waals surface area contributed by atoms with Crippen LogP contribution >= 0.6 is 0 Å². The fourth-order valence-corrected chi connectivity index (χ4v) is 2.74. The maximum absolute atomic E-state index is 12.1. The lowest BCUT2D eigenvalue weighted by Crippen LogP contribution is -2.44. The third-order valence-electron chi connectivity index (χ3n) is 4.31. The highest BCUT2D eigenvalue weighted by Crippen LogP contribution is 2.10. The molecule has 162 valence electrons. The number of aliphatic hydroxyl groups excluding tert-OH is 1. The van der Waals surface area contributed by atoms with E-state index in [2.05, 4.69) is 10.6 Å². The number of benzene rings is 2. The quantitative estimate of drug-likeness (QED) is 0.449. The summed E-state index contributed by atoms with van der Waals surface area (Å²) in [4.78, 5) is 35.3. The topological polar surface area (TPSA) is 149 Å². The van der Waals surface area contributed by atoms with E-state index in [-0.39, 0.29) is 19.6 Å². The summed E-state index contributed by atoms with van der Waals surface area (Å²) in [7, 11) is 0. The van der Waals surface area contributed by atoms with Gasteiger partial charge >= 0.3 is 12.1 Å². The van der Waals surface area contributed by atoms with Gasteiger partial charge in [0.1, 0.15) is 12.6 Å². The minimum Gasteiger partial charge on any atom is -0.480 e. The Labute approximate surface area is 179 Å². The van der Waals surface area contributed by atoms with Crippen molar-refractivity contribution in [2.45, 2.75) is 31.6 Å². The summed E-state index contributed by atoms with van der Waals surface area (Å²) in [5.74, 6) is -1.97. The van der Waals surface area contributed by atoms with E-state index in [1.54, 1.807) is 36.4 Å². The molecule has 0 saturated heterocycles. The summed E-state index contributed by atoms with van der Waals surface area (Å²) >= 11 is 0. The lowest BCUT2D eigenvalue weighted by atomic mass is 10.0. The van der Waals surface area contributed by atoms with Gasteiger partial charge in [0.25, 0.3) is 0 Å². The molecule has 0 aliphatic heterocycles. The highest BCUT2D eigenvalue weighted by molar-refractivity contribution is 5.84. The number of rotatable bonds is 10. The van der Waals surface area contributed by atoms with Crippen LogP contribution in [0.15, 0.2) is 54.6 Å². The van der Waals surface area contributed by atoms with Gasteiger partial charge in [0.2, 0.25) is 5.91 Å². The van der Waals surface area contributed by atoms with Crippen LogP contribution in [0, 0.1) is 11.3 Å². The number of hydrogen-bond acceptors (Lipinski definition) is 6. The molecule has 0 aromatic heterocycles. The summed E-state index contributed by atoms with van der Waals surface area (Å²) in [6.45, 7) is -0.177. The van der Waals surface area contributed by atoms with E-state index in [0.717, 1.165) is 5.56 Å². The van der Waals surface area contributed by atoms with Gasteiger partial charge in [-0.1, -0.05) is 48.5 Å². The maximum Gasteiger partial charge on any atom is 0.407 e. The first kappa shape index (κ1) is 23.4. The van der Waals surface area contributed by atoms with Crippen molar-refractivity contribution in [3.05, 3.63) is 71.3 Å². The highest BCUT2D eigenvalue weighted by Gasteiger charge is 2.23. The van der Waals surface area contributed by atoms with E-state index < -0.39 is 36.5 Å². The first-order chi connectivity index (χ1) is 14.9. The van der Waals surface area contributed by atoms with Gasteiger partial charge in [-0.15, -0.1) is 0 Å². The average molecular weight is 425 g/mol. The number of amides is 2. The number of ether oxygens (including phenoxy) is 1. The molecule has 0 radical (unpaired) electrons. The van der Waals surface area contributed by atoms with E-state index in [9.17, 15) is 24.6 Å². The van der Waals surface area contributed by atoms with Crippen molar-refractivity contribution in [2.75, 3.05) is 6.54 Å². The van der Waals surface area contributed by atoms with Crippen LogP contribution in [-0.4, -0.2) is 46.9 Å². The van der Waals surface area contributed by atoms with Gasteiger partial charge < -0.3 is 25.6 Å². The molecular weight excluding hydrogens is 402 g/mol. The first-order valence-corrected chi connectivity index (χ1v) is 9.51. The zero-order chi connectivity index (χ0) is 22.6. The van der Waals surface area contributed by atoms with E-state index >= 15 is 0 Å². The van der Waals surface area contributed by atoms with E-state index in [1.807, 2.05) is 24.3 Å². The average Bonchev–Trinajstić information content (AvgIpc) is 2.76. The number of aliphatic hydroxyl groups is 1. The lowest BCUT2D eigenvalue weighted by molar-refractivity contribution is -0.142. The van der Waals surface area contributed by atoms with E-state index in [4.69, 9.17) is 10.00 Å². The summed E-state index contributed by atoms with van der Waals surface area (Å²) in [5, 5.41) is 33.1. The molecule has 31 heavy (non-hydrogen) atoms. The van der Waals surface area contributed by atoms with Crippen molar-refractivity contribution in [1.82, 2.24) is 10.6 Å². The minimum atomic E-state index is -1.27. The van der Waals surface area contributed by atoms with Crippen LogP contribution in [0.4, 0.5) is 4.79 Å². The molecule has 0 aliphatic carbocycles. The van der Waals surface area contributed by atoms with E-state index in [0.29, 0.717) is 11.1 Å². The molecule has 2 atom stereocenters. The Bertz CT molecular complexity index is 942. The third kappa shape index (κ3) is 8.16. The highest BCUT2D eigenvalue weighted by atomic mass is 16.5. The number of carboxylic acid groups (broad SMARTS) is 1. The van der Waals surface area contributed by atoms with Gasteiger partial charge in [-0.3, -0.25) is 4.79 Å². The predicted molar refractivity (Wildman–Crippen MR) is 110 cm³/mol. The zero-order valence-corrected chi connectivity index (χ0v) is 16.7. The number of hydrogen-bond donors (Lipinski definition) is 4. The molecule has 2 amide bonds. The Morgan fingerprint density at radius 3 is 2.42 bits per heavy atom. The Balaban J connectivity index is 1.78. The molecule has 0 fully saturated rings. The normalized spacial score (nSPS) is 12.1. The second-order valence-electron chi connectivity index (χ2n) is 6.73. The maximum atomic E-state index is 12.1. The van der Waals surface area contributed by atoms with E-state index in [1.165, 1.54) is 0 Å². The molecule has 0 saturated carbocycles. The number of alkyl carbamates (subject to hydrolysis) is 1. The van der Waals surface area contributed by atoms with Crippen molar-refractivity contribution >= 4 is 18.0 Å². The molecule has 0 heterocycles. The minimum absolute atomic E-state index is 0.0632. The number of carbonyl (C=O) groups is 3. The molecule has 2 aromatic carbocycles. The molecule has 4 N–H and O–H groups in total. The summed E-state index contributed by atoms with van der Waals surface area (Å²) < 4.78 is 5.00. The van der Waals surface area contributed by atoms with Crippen molar-refractivity contribution in [2.24, 2.45) is 0 Å². The van der Waals surface area contributed by atoms with Crippen molar-refractivity contribution < 1.29 is 29.3 Å². The van der Waals surface area contributed by atoms with Gasteiger partial charge in [-0.25, -0.2) is 9.59 Å². The number of carboxylic acids is 1. The van der Waals surface area contributed by atoms with Crippen LogP contribution in [0.2, 0.25) is 0 Å². The monoisotopic (exact) mass is 425 g/mol. The predicted octanol–water partition coefficient (Wildman–Crippen LogP) is 1.35. The molecule has 0 aliphatic rings. The number of nitriles is 1. The summed E-state index contributed by atoms with van der Waals surface area (Å²) in [5.41, 5.74) is 1.61. The molecule has 2 aromatic rings. The Hall–Kier alpha value is -3.90. The zero-order valence-electron chi connectivity index (χ0n) is 16.7. The third-order valence-corrected chi connectivity index (χ3v) is 4.31. The fourth-order valence-electron chi connectivity index (χ4n) is 2.74. The molecule has 0 spiro atoms. The molecule has 0 bridgehead atoms. The smallest absolute Gasteiger partial charge is 0.407 e. The first-order valence-electron chi connectivity index (χ1n) is 9.51. The SMILES string of the molecule is N#Cc1ccccc1C[C@H](NC(=O)C[C@H](O)CNC(=O)OCc1ccccc1)C(=O)O. The Morgan fingerprint density at radius 1 is 1.06 bits per heavy atom. The standard InChI is InChI=1S/C22H23N3O6/c23-12-17-9-5-4-8-16(17)10-19(21(28)29)25-20(27)11-18(26)13-24-22(30)31-14-15-6-2-1-3-7-15/h1-9,18-19,26H,10-11,13-14H2,(H,24,30)(H,25,27)(H,28,29)/t18-,19-/m0/s1. The van der Waals surface area contributed by atoms with Crippen LogP contribution in [-0.2, 0) is 27.4 Å². The Morgan fingerprint density at radius 2 is 1.74 bits per heavy atom. The van der Waals surface area contributed by atoms with Crippen molar-refractivity contribution in [1.29, 1.82) is 5.26 Å². The second-order valence-corrected chi connectivity index (χ2v) is 6.73. The van der Waals surface area contributed by atoms with Gasteiger partial charge in [-0.2, -0.15) is 5.26 Å². The summed E-state index contributed by atoms with van der Waals surface area (Å²) in [6, 6.07) is 16.2. The van der Waals surface area contributed by atoms with Gasteiger partial charge in [0.05, 0.1) is 24.2 Å². The fraction of sp³-hybridized carbons (Fsp3) is 0.273. The number of carbonyl (C=O) groups excluding carboxylic acids is 2. The van der Waals surface area contributed by atoms with Crippen molar-refractivity contribution in [3.63, 3.8) is 0 Å². The lowest BCUT2D eigenvalue weighted by Gasteiger charge is -2.17. The molecule has 0 unspecified atom stereocenters. The van der Waals surface area contributed by atoms with Gasteiger partial charge in [0, 0.05) is 13.0 Å². The number of nitrogens with zero attached hydrogens (tertiary/aromatic N) is 1. The molecule has 2 rings (SSSR count). The number of aliphatic carboxylic acids is 1. The van der Waals surface area contributed by atoms with Gasteiger partial charge in [-0.05, 0) is 17.2 Å². The largest absolute Gasteiger partial charge is 0.480 e. The Kier molecular flexibility index (Phi) is 9.01. The van der Waals surface area contributed by atoms with Crippen LogP contribution in [0.25, 0.3) is 0 Å². The van der Waals surface area contributed by atoms with Crippen molar-refractivity contribution in [3.8, 4) is 6.07 Å². The molecule has 9 nitrogen and oxygen atoms in total. The van der Waals surface area contributed by atoms with Crippen LogP contribution < -0.4 is 10.6 Å². The van der Waals surface area contributed by atoms with Gasteiger partial charge in [0.15, 0.2) is 0 Å². The molecular formula is C22H23N3O6. The van der Waals surface area contributed by atoms with Crippen LogP contribution in [0.3, 0.4) is 0 Å². The molecule has 9 heteroatoms. The van der Waals surface area contributed by atoms with Crippen LogP contribution in [0.1, 0.15) is 23.1 Å². The van der Waals surface area contributed by atoms with Crippen LogP contribution in [0.5, 0.6) is 0 Å².